The number of furan rings is 2. The maximum atomic E-state index is 6.65. The molecule has 11 aromatic rings. The summed E-state index contributed by atoms with van der Waals surface area (Å²) in [6, 6.07) is 61.2. The second kappa shape index (κ2) is 11.3. The minimum atomic E-state index is 0.880. The van der Waals surface area contributed by atoms with E-state index >= 15 is 0 Å². The summed E-state index contributed by atoms with van der Waals surface area (Å²) in [5.74, 6) is 0. The van der Waals surface area contributed by atoms with Crippen LogP contribution in [0.4, 0.5) is 0 Å². The predicted octanol–water partition coefficient (Wildman–Crippen LogP) is 14.5. The van der Waals surface area contributed by atoms with Gasteiger partial charge in [0.05, 0.1) is 12.5 Å². The second-order valence-electron chi connectivity index (χ2n) is 13.6. The number of hydrogen-bond donors (Lipinski definition) is 0. The topological polar surface area (TPSA) is 26.3 Å². The Morgan fingerprint density at radius 3 is 1.21 bits per heavy atom. The largest absolute Gasteiger partial charge is 0.472 e. The SMILES string of the molecule is c1ccc(-c2c3ccccc3c(-c3ccc4oc5cc(-c6c7ccccc7c(-c7ccoc7)c7ccccc67)ccc5c4c3)c3ccccc23)cc1. The molecule has 2 heterocycles. The molecule has 0 atom stereocenters. The van der Waals surface area contributed by atoms with E-state index in [2.05, 4.69) is 164 Å². The van der Waals surface area contributed by atoms with E-state index in [9.17, 15) is 0 Å². The van der Waals surface area contributed by atoms with Gasteiger partial charge in [-0.1, -0.05) is 140 Å². The molecule has 0 radical (unpaired) electrons. The molecule has 0 amide bonds. The number of hydrogen-bond acceptors (Lipinski definition) is 2. The molecule has 0 bridgehead atoms. The van der Waals surface area contributed by atoms with Gasteiger partial charge in [-0.2, -0.15) is 0 Å². The van der Waals surface area contributed by atoms with Crippen molar-refractivity contribution in [3.63, 3.8) is 0 Å². The first-order valence-electron chi connectivity index (χ1n) is 17.7. The Morgan fingerprint density at radius 2 is 0.712 bits per heavy atom. The first kappa shape index (κ1) is 28.9. The highest BCUT2D eigenvalue weighted by atomic mass is 16.3. The van der Waals surface area contributed by atoms with E-state index in [-0.39, 0.29) is 0 Å². The van der Waals surface area contributed by atoms with E-state index < -0.39 is 0 Å². The summed E-state index contributed by atoms with van der Waals surface area (Å²) in [4.78, 5) is 0. The zero-order valence-corrected chi connectivity index (χ0v) is 28.1. The van der Waals surface area contributed by atoms with Crippen molar-refractivity contribution in [2.45, 2.75) is 0 Å². The van der Waals surface area contributed by atoms with Crippen LogP contribution in [0, 0.1) is 0 Å². The van der Waals surface area contributed by atoms with Crippen LogP contribution in [-0.4, -0.2) is 0 Å². The molecule has 242 valence electrons. The average molecular weight is 663 g/mol. The highest BCUT2D eigenvalue weighted by Crippen LogP contribution is 2.47. The van der Waals surface area contributed by atoms with Crippen molar-refractivity contribution in [2.24, 2.45) is 0 Å². The van der Waals surface area contributed by atoms with Crippen LogP contribution in [-0.2, 0) is 0 Å². The van der Waals surface area contributed by atoms with Crippen molar-refractivity contribution in [2.75, 3.05) is 0 Å². The third-order valence-electron chi connectivity index (χ3n) is 10.8. The number of fused-ring (bicyclic) bond motifs is 7. The van der Waals surface area contributed by atoms with E-state index in [1.807, 2.05) is 12.3 Å². The molecule has 0 unspecified atom stereocenters. The molecule has 9 aromatic carbocycles. The fourth-order valence-corrected chi connectivity index (χ4v) is 8.60. The first-order chi connectivity index (χ1) is 25.8. The molecule has 2 aromatic heterocycles. The Balaban J connectivity index is 1.13. The molecule has 2 nitrogen and oxygen atoms in total. The fourth-order valence-electron chi connectivity index (χ4n) is 8.60. The van der Waals surface area contributed by atoms with Crippen molar-refractivity contribution < 1.29 is 8.83 Å². The lowest BCUT2D eigenvalue weighted by Crippen LogP contribution is -1.90. The first-order valence-corrected chi connectivity index (χ1v) is 17.7. The van der Waals surface area contributed by atoms with Crippen molar-refractivity contribution >= 4 is 65.0 Å². The van der Waals surface area contributed by atoms with E-state index in [4.69, 9.17) is 8.83 Å². The molecule has 0 aliphatic heterocycles. The van der Waals surface area contributed by atoms with Crippen molar-refractivity contribution in [3.8, 4) is 44.5 Å². The van der Waals surface area contributed by atoms with E-state index in [1.165, 1.54) is 76.5 Å². The van der Waals surface area contributed by atoms with Gasteiger partial charge in [0, 0.05) is 21.9 Å². The van der Waals surface area contributed by atoms with Gasteiger partial charge in [-0.15, -0.1) is 0 Å². The average Bonchev–Trinajstić information content (AvgIpc) is 3.87. The molecule has 11 rings (SSSR count). The van der Waals surface area contributed by atoms with Crippen LogP contribution in [0.3, 0.4) is 0 Å². The predicted molar refractivity (Wildman–Crippen MR) is 218 cm³/mol. The highest BCUT2D eigenvalue weighted by Gasteiger charge is 2.20. The van der Waals surface area contributed by atoms with Crippen LogP contribution in [0.2, 0.25) is 0 Å². The number of benzene rings is 9. The minimum absolute atomic E-state index is 0.880. The van der Waals surface area contributed by atoms with Gasteiger partial charge in [-0.3, -0.25) is 0 Å². The Labute approximate surface area is 299 Å². The molecule has 0 saturated heterocycles. The fraction of sp³-hybridized carbons (Fsp3) is 0. The summed E-state index contributed by atoms with van der Waals surface area (Å²) in [6.45, 7) is 0. The van der Waals surface area contributed by atoms with Crippen molar-refractivity contribution in [1.29, 1.82) is 0 Å². The molecular weight excluding hydrogens is 633 g/mol. The van der Waals surface area contributed by atoms with Crippen LogP contribution < -0.4 is 0 Å². The summed E-state index contributed by atoms with van der Waals surface area (Å²) in [7, 11) is 0. The molecule has 0 spiro atoms. The van der Waals surface area contributed by atoms with Gasteiger partial charge in [0.25, 0.3) is 0 Å². The van der Waals surface area contributed by atoms with Crippen molar-refractivity contribution in [1.82, 2.24) is 0 Å². The van der Waals surface area contributed by atoms with Crippen molar-refractivity contribution in [3.05, 3.63) is 182 Å². The summed E-state index contributed by atoms with van der Waals surface area (Å²) in [5, 5.41) is 12.0. The zero-order valence-electron chi connectivity index (χ0n) is 28.1. The Hall–Kier alpha value is -6.90. The molecule has 0 saturated carbocycles. The zero-order chi connectivity index (χ0) is 34.2. The van der Waals surface area contributed by atoms with Gasteiger partial charge in [0.15, 0.2) is 0 Å². The standard InChI is InChI=1S/C50H30O2/c1-2-12-31(13-3-1)47-36-14-4-6-16-38(36)48(39-17-7-5-15-37(39)47)32-23-25-45-44(28-32)35-24-22-33(29-46(35)52-45)49-40-18-8-10-20-42(40)50(34-26-27-51-30-34)43-21-11-9-19-41(43)49/h1-30H. The Bertz CT molecular complexity index is 3050. The monoisotopic (exact) mass is 662 g/mol. The van der Waals surface area contributed by atoms with Gasteiger partial charge >= 0.3 is 0 Å². The maximum Gasteiger partial charge on any atom is 0.136 e. The minimum Gasteiger partial charge on any atom is -0.472 e. The molecule has 52 heavy (non-hydrogen) atoms. The lowest BCUT2D eigenvalue weighted by atomic mass is 9.85. The molecule has 2 heteroatoms. The third-order valence-corrected chi connectivity index (χ3v) is 10.8. The molecule has 0 N–H and O–H groups in total. The molecule has 0 fully saturated rings. The van der Waals surface area contributed by atoms with E-state index in [0.29, 0.717) is 0 Å². The molecular formula is C50H30O2. The van der Waals surface area contributed by atoms with Gasteiger partial charge < -0.3 is 8.83 Å². The smallest absolute Gasteiger partial charge is 0.136 e. The van der Waals surface area contributed by atoms with Gasteiger partial charge in [0.2, 0.25) is 0 Å². The molecule has 0 aliphatic carbocycles. The van der Waals surface area contributed by atoms with Crippen LogP contribution in [0.1, 0.15) is 0 Å². The van der Waals surface area contributed by atoms with Crippen LogP contribution in [0.5, 0.6) is 0 Å². The summed E-state index contributed by atoms with van der Waals surface area (Å²) in [6.07, 6.45) is 3.59. The Kier molecular flexibility index (Phi) is 6.28. The van der Waals surface area contributed by atoms with Gasteiger partial charge in [-0.05, 0) is 107 Å². The van der Waals surface area contributed by atoms with Crippen LogP contribution in [0.15, 0.2) is 191 Å². The maximum absolute atomic E-state index is 6.65. The number of rotatable bonds is 4. The van der Waals surface area contributed by atoms with Crippen LogP contribution in [0.25, 0.3) is 110 Å². The normalized spacial score (nSPS) is 11.8. The van der Waals surface area contributed by atoms with Crippen LogP contribution >= 0.6 is 0 Å². The molecule has 0 aliphatic rings. The summed E-state index contributed by atoms with van der Waals surface area (Å²) >= 11 is 0. The van der Waals surface area contributed by atoms with Gasteiger partial charge in [0.1, 0.15) is 11.2 Å². The van der Waals surface area contributed by atoms with Gasteiger partial charge in [-0.25, -0.2) is 0 Å². The lowest BCUT2D eigenvalue weighted by Gasteiger charge is -2.17. The second-order valence-corrected chi connectivity index (χ2v) is 13.6. The van der Waals surface area contributed by atoms with E-state index in [0.717, 1.165) is 33.1 Å². The lowest BCUT2D eigenvalue weighted by molar-refractivity contribution is 0.568. The summed E-state index contributed by atoms with van der Waals surface area (Å²) in [5.41, 5.74) is 11.3. The Morgan fingerprint density at radius 1 is 0.269 bits per heavy atom. The summed E-state index contributed by atoms with van der Waals surface area (Å²) < 4.78 is 12.2. The highest BCUT2D eigenvalue weighted by molar-refractivity contribution is 6.23. The quantitative estimate of drug-likeness (QED) is 0.175. The van der Waals surface area contributed by atoms with E-state index in [1.54, 1.807) is 6.26 Å². The third kappa shape index (κ3) is 4.25.